The molecule has 0 amide bonds. The number of carbonyl (C=O) groups is 2. The van der Waals surface area contributed by atoms with Crippen molar-refractivity contribution in [2.24, 2.45) is 0 Å². The van der Waals surface area contributed by atoms with Gasteiger partial charge in [0.1, 0.15) is 0 Å². The van der Waals surface area contributed by atoms with Crippen molar-refractivity contribution in [1.82, 2.24) is 0 Å². The first-order valence-electron chi connectivity index (χ1n) is 7.70. The minimum absolute atomic E-state index is 0.0490. The Kier molecular flexibility index (Phi) is 6.16. The maximum Gasteiger partial charge on any atom is 0.164 e. The molecule has 2 aromatic carbocycles. The quantitative estimate of drug-likeness (QED) is 0.401. The molecule has 134 valence electrons. The zero-order valence-corrected chi connectivity index (χ0v) is 14.0. The Labute approximate surface area is 150 Å². The second kappa shape index (κ2) is 8.53. The summed E-state index contributed by atoms with van der Waals surface area (Å²) in [6.45, 7) is 0. The van der Waals surface area contributed by atoms with Crippen LogP contribution in [0.1, 0.15) is 17.5 Å². The topological polar surface area (TPSA) is 104 Å². The van der Waals surface area contributed by atoms with Crippen LogP contribution in [0.2, 0.25) is 0 Å². The Morgan fingerprint density at radius 3 is 2.31 bits per heavy atom. The molecule has 0 radical (unpaired) electrons. The summed E-state index contributed by atoms with van der Waals surface area (Å²) >= 11 is 0. The van der Waals surface area contributed by atoms with Crippen LogP contribution in [-0.4, -0.2) is 34.0 Å². The van der Waals surface area contributed by atoms with Gasteiger partial charge in [0.05, 0.1) is 13.5 Å². The van der Waals surface area contributed by atoms with Crippen LogP contribution >= 0.6 is 0 Å². The molecule has 0 aliphatic carbocycles. The zero-order valence-electron chi connectivity index (χ0n) is 14.0. The molecule has 26 heavy (non-hydrogen) atoms. The van der Waals surface area contributed by atoms with Crippen molar-refractivity contribution in [3.63, 3.8) is 0 Å². The predicted octanol–water partition coefficient (Wildman–Crippen LogP) is 3.07. The van der Waals surface area contributed by atoms with Crippen molar-refractivity contribution in [2.45, 2.75) is 6.42 Å². The maximum atomic E-state index is 11.8. The fourth-order valence-electron chi connectivity index (χ4n) is 2.16. The summed E-state index contributed by atoms with van der Waals surface area (Å²) < 4.78 is 4.93. The van der Waals surface area contributed by atoms with Crippen molar-refractivity contribution in [2.75, 3.05) is 7.11 Å². The van der Waals surface area contributed by atoms with Crippen LogP contribution in [-0.2, 0) is 9.59 Å². The van der Waals surface area contributed by atoms with E-state index in [0.29, 0.717) is 11.3 Å². The second-order valence-electron chi connectivity index (χ2n) is 5.42. The molecule has 0 aliphatic rings. The van der Waals surface area contributed by atoms with Crippen LogP contribution in [0.25, 0.3) is 12.2 Å². The molecule has 6 nitrogen and oxygen atoms in total. The SMILES string of the molecule is COc1ccc(C=CC(=O)CC(=O)C=Cc2cccc(O)c2O)cc1O. The van der Waals surface area contributed by atoms with Gasteiger partial charge in [-0.2, -0.15) is 0 Å². The fourth-order valence-corrected chi connectivity index (χ4v) is 2.16. The normalized spacial score (nSPS) is 11.1. The Morgan fingerprint density at radius 1 is 0.962 bits per heavy atom. The number of hydrogen-bond donors (Lipinski definition) is 3. The first kappa shape index (κ1) is 18.8. The van der Waals surface area contributed by atoms with E-state index in [9.17, 15) is 24.9 Å². The molecule has 0 aliphatic heterocycles. The Bertz CT molecular complexity index is 880. The van der Waals surface area contributed by atoms with Gasteiger partial charge in [0, 0.05) is 5.56 Å². The van der Waals surface area contributed by atoms with Gasteiger partial charge in [-0.15, -0.1) is 0 Å². The van der Waals surface area contributed by atoms with Crippen molar-refractivity contribution in [1.29, 1.82) is 0 Å². The lowest BCUT2D eigenvalue weighted by Gasteiger charge is -2.03. The summed E-state index contributed by atoms with van der Waals surface area (Å²) in [5, 5.41) is 28.7. The van der Waals surface area contributed by atoms with E-state index in [1.54, 1.807) is 12.1 Å². The van der Waals surface area contributed by atoms with E-state index < -0.39 is 11.6 Å². The number of ketones is 2. The van der Waals surface area contributed by atoms with E-state index in [1.165, 1.54) is 55.7 Å². The van der Waals surface area contributed by atoms with Gasteiger partial charge in [-0.05, 0) is 42.0 Å². The highest BCUT2D eigenvalue weighted by Crippen LogP contribution is 2.29. The van der Waals surface area contributed by atoms with E-state index in [-0.39, 0.29) is 29.2 Å². The third-order valence-corrected chi connectivity index (χ3v) is 3.51. The molecule has 0 bridgehead atoms. The molecule has 3 N–H and O–H groups in total. The molecule has 2 aromatic rings. The molecule has 0 heterocycles. The standard InChI is InChI=1S/C20H18O6/c1-26-19-10-6-13(11-18(19)24)5-8-15(21)12-16(22)9-7-14-3-2-4-17(23)20(14)25/h2-11,23-25H,12H2,1H3. The summed E-state index contributed by atoms with van der Waals surface area (Å²) in [5.41, 5.74) is 0.861. The molecule has 0 atom stereocenters. The molecular formula is C20H18O6. The van der Waals surface area contributed by atoms with Gasteiger partial charge in [-0.1, -0.05) is 24.3 Å². The van der Waals surface area contributed by atoms with Crippen LogP contribution in [0.15, 0.2) is 48.6 Å². The Morgan fingerprint density at radius 2 is 1.65 bits per heavy atom. The summed E-state index contributed by atoms with van der Waals surface area (Å²) in [5.74, 6) is -1.20. The molecule has 0 saturated heterocycles. The van der Waals surface area contributed by atoms with Crippen LogP contribution in [0.4, 0.5) is 0 Å². The number of para-hydroxylation sites is 1. The van der Waals surface area contributed by atoms with Gasteiger partial charge in [0.15, 0.2) is 34.6 Å². The largest absolute Gasteiger partial charge is 0.504 e. The highest BCUT2D eigenvalue weighted by atomic mass is 16.5. The molecule has 6 heteroatoms. The van der Waals surface area contributed by atoms with Gasteiger partial charge < -0.3 is 20.1 Å². The number of hydrogen-bond acceptors (Lipinski definition) is 6. The molecule has 0 fully saturated rings. The second-order valence-corrected chi connectivity index (χ2v) is 5.42. The lowest BCUT2D eigenvalue weighted by Crippen LogP contribution is -2.01. The fraction of sp³-hybridized carbons (Fsp3) is 0.100. The molecule has 0 aromatic heterocycles. The zero-order chi connectivity index (χ0) is 19.1. The van der Waals surface area contributed by atoms with Gasteiger partial charge in [-0.3, -0.25) is 9.59 Å². The molecule has 0 spiro atoms. The number of methoxy groups -OCH3 is 1. The summed E-state index contributed by atoms with van der Waals surface area (Å²) in [6, 6.07) is 9.03. The molecular weight excluding hydrogens is 336 g/mol. The lowest BCUT2D eigenvalue weighted by molar-refractivity contribution is -0.121. The van der Waals surface area contributed by atoms with E-state index in [0.717, 1.165) is 0 Å². The average Bonchev–Trinajstić information content (AvgIpc) is 2.61. The summed E-state index contributed by atoms with van der Waals surface area (Å²) in [4.78, 5) is 23.7. The highest BCUT2D eigenvalue weighted by Gasteiger charge is 2.06. The van der Waals surface area contributed by atoms with Crippen molar-refractivity contribution in [3.05, 3.63) is 59.7 Å². The van der Waals surface area contributed by atoms with E-state index >= 15 is 0 Å². The number of carbonyl (C=O) groups excluding carboxylic acids is 2. The van der Waals surface area contributed by atoms with Gasteiger partial charge >= 0.3 is 0 Å². The number of ether oxygens (including phenoxy) is 1. The Hall–Kier alpha value is -3.54. The number of aromatic hydroxyl groups is 3. The van der Waals surface area contributed by atoms with Gasteiger partial charge in [-0.25, -0.2) is 0 Å². The predicted molar refractivity (Wildman–Crippen MR) is 97.1 cm³/mol. The van der Waals surface area contributed by atoms with Gasteiger partial charge in [0.2, 0.25) is 0 Å². The number of rotatable bonds is 7. The first-order valence-corrected chi connectivity index (χ1v) is 7.70. The number of benzene rings is 2. The molecule has 2 rings (SSSR count). The van der Waals surface area contributed by atoms with E-state index in [2.05, 4.69) is 0 Å². The molecule has 0 unspecified atom stereocenters. The number of allylic oxidation sites excluding steroid dienone is 2. The smallest absolute Gasteiger partial charge is 0.164 e. The summed E-state index contributed by atoms with van der Waals surface area (Å²) in [6.07, 6.45) is 4.89. The van der Waals surface area contributed by atoms with Crippen LogP contribution in [0, 0.1) is 0 Å². The van der Waals surface area contributed by atoms with Crippen molar-refractivity contribution >= 4 is 23.7 Å². The van der Waals surface area contributed by atoms with Crippen LogP contribution in [0.5, 0.6) is 23.0 Å². The van der Waals surface area contributed by atoms with Gasteiger partial charge in [0.25, 0.3) is 0 Å². The summed E-state index contributed by atoms with van der Waals surface area (Å²) in [7, 11) is 1.43. The third-order valence-electron chi connectivity index (χ3n) is 3.51. The highest BCUT2D eigenvalue weighted by molar-refractivity contribution is 6.11. The first-order chi connectivity index (χ1) is 12.4. The van der Waals surface area contributed by atoms with Crippen molar-refractivity contribution in [3.8, 4) is 23.0 Å². The van der Waals surface area contributed by atoms with Crippen molar-refractivity contribution < 1.29 is 29.6 Å². The number of phenols is 3. The monoisotopic (exact) mass is 354 g/mol. The maximum absolute atomic E-state index is 11.8. The van der Waals surface area contributed by atoms with Crippen LogP contribution < -0.4 is 4.74 Å². The minimum atomic E-state index is -0.444. The minimum Gasteiger partial charge on any atom is -0.504 e. The third kappa shape index (κ3) is 4.98. The average molecular weight is 354 g/mol. The van der Waals surface area contributed by atoms with E-state index in [1.807, 2.05) is 0 Å². The number of phenolic OH excluding ortho intramolecular Hbond substituents is 3. The van der Waals surface area contributed by atoms with Crippen LogP contribution in [0.3, 0.4) is 0 Å². The van der Waals surface area contributed by atoms with E-state index in [4.69, 9.17) is 4.74 Å². The molecule has 0 saturated carbocycles. The lowest BCUT2D eigenvalue weighted by atomic mass is 10.1. The Balaban J connectivity index is 1.96.